The van der Waals surface area contributed by atoms with E-state index in [9.17, 15) is 4.79 Å². The molecule has 0 atom stereocenters. The van der Waals surface area contributed by atoms with Crippen LogP contribution in [-0.4, -0.2) is 44.2 Å². The third kappa shape index (κ3) is 3.97. The highest BCUT2D eigenvalue weighted by Gasteiger charge is 2.35. The number of rotatable bonds is 6. The fourth-order valence-electron chi connectivity index (χ4n) is 2.53. The van der Waals surface area contributed by atoms with E-state index in [1.54, 1.807) is 4.90 Å². The smallest absolute Gasteiger partial charge is 0.255 e. The standard InChI is InChI=1S/C17H26N2O2/c1-13(2)9-18-15-8-6-5-7-14(15)16(20)19(4)10-17(3)11-21-12-17/h5-8,13,18H,9-12H2,1-4H3. The molecule has 0 aromatic heterocycles. The number of anilines is 1. The minimum absolute atomic E-state index is 0.0648. The maximum Gasteiger partial charge on any atom is 0.255 e. The number of nitrogens with zero attached hydrogens (tertiary/aromatic N) is 1. The van der Waals surface area contributed by atoms with E-state index in [0.29, 0.717) is 5.92 Å². The van der Waals surface area contributed by atoms with Crippen LogP contribution in [0.15, 0.2) is 24.3 Å². The van der Waals surface area contributed by atoms with E-state index in [0.717, 1.165) is 37.6 Å². The summed E-state index contributed by atoms with van der Waals surface area (Å²) in [6, 6.07) is 7.73. The van der Waals surface area contributed by atoms with Crippen LogP contribution in [0, 0.1) is 11.3 Å². The van der Waals surface area contributed by atoms with Crippen LogP contribution < -0.4 is 5.32 Å². The van der Waals surface area contributed by atoms with Gasteiger partial charge in [-0.2, -0.15) is 0 Å². The van der Waals surface area contributed by atoms with Crippen LogP contribution in [0.25, 0.3) is 0 Å². The second-order valence-electron chi connectivity index (χ2n) is 6.79. The van der Waals surface area contributed by atoms with Crippen LogP contribution in [0.2, 0.25) is 0 Å². The highest BCUT2D eigenvalue weighted by Crippen LogP contribution is 2.28. The molecule has 2 rings (SSSR count). The Bertz CT molecular complexity index is 495. The maximum atomic E-state index is 12.7. The quantitative estimate of drug-likeness (QED) is 0.876. The third-order valence-corrected chi connectivity index (χ3v) is 3.72. The summed E-state index contributed by atoms with van der Waals surface area (Å²) in [5.74, 6) is 0.604. The molecule has 0 radical (unpaired) electrons. The van der Waals surface area contributed by atoms with Gasteiger partial charge in [-0.3, -0.25) is 4.79 Å². The van der Waals surface area contributed by atoms with Gasteiger partial charge in [-0.1, -0.05) is 32.9 Å². The lowest BCUT2D eigenvalue weighted by atomic mass is 9.88. The molecule has 0 bridgehead atoms. The average molecular weight is 290 g/mol. The highest BCUT2D eigenvalue weighted by molar-refractivity contribution is 5.99. The summed E-state index contributed by atoms with van der Waals surface area (Å²) in [6.45, 7) is 9.52. The molecule has 1 saturated heterocycles. The monoisotopic (exact) mass is 290 g/mol. The fraction of sp³-hybridized carbons (Fsp3) is 0.588. The lowest BCUT2D eigenvalue weighted by molar-refractivity contribution is -0.109. The van der Waals surface area contributed by atoms with Crippen LogP contribution in [0.5, 0.6) is 0 Å². The first-order valence-electron chi connectivity index (χ1n) is 7.57. The molecule has 1 heterocycles. The molecule has 4 nitrogen and oxygen atoms in total. The van der Waals surface area contributed by atoms with Gasteiger partial charge >= 0.3 is 0 Å². The number of nitrogens with one attached hydrogen (secondary N) is 1. The van der Waals surface area contributed by atoms with E-state index in [2.05, 4.69) is 26.1 Å². The van der Waals surface area contributed by atoms with Gasteiger partial charge < -0.3 is 15.0 Å². The van der Waals surface area contributed by atoms with Crippen LogP contribution in [0.1, 0.15) is 31.1 Å². The number of carbonyl (C=O) groups excluding carboxylic acids is 1. The first-order chi connectivity index (χ1) is 9.91. The Morgan fingerprint density at radius 2 is 2.05 bits per heavy atom. The molecule has 0 unspecified atom stereocenters. The number of carbonyl (C=O) groups is 1. The second-order valence-corrected chi connectivity index (χ2v) is 6.79. The van der Waals surface area contributed by atoms with Crippen molar-refractivity contribution in [2.45, 2.75) is 20.8 Å². The Kier molecular flexibility index (Phi) is 4.88. The third-order valence-electron chi connectivity index (χ3n) is 3.72. The van der Waals surface area contributed by atoms with Gasteiger partial charge in [0.05, 0.1) is 18.8 Å². The summed E-state index contributed by atoms with van der Waals surface area (Å²) >= 11 is 0. The van der Waals surface area contributed by atoms with Gasteiger partial charge in [0.2, 0.25) is 0 Å². The van der Waals surface area contributed by atoms with Gasteiger partial charge in [0.15, 0.2) is 0 Å². The Balaban J connectivity index is 2.07. The molecule has 1 N–H and O–H groups in total. The number of amides is 1. The zero-order valence-corrected chi connectivity index (χ0v) is 13.5. The largest absolute Gasteiger partial charge is 0.384 e. The summed E-state index contributed by atoms with van der Waals surface area (Å²) in [5.41, 5.74) is 1.76. The number of ether oxygens (including phenoxy) is 1. The Morgan fingerprint density at radius 1 is 1.38 bits per heavy atom. The van der Waals surface area contributed by atoms with E-state index in [1.165, 1.54) is 0 Å². The number of hydrogen-bond donors (Lipinski definition) is 1. The number of para-hydroxylation sites is 1. The SMILES string of the molecule is CC(C)CNc1ccccc1C(=O)N(C)CC1(C)COC1. The van der Waals surface area contributed by atoms with Crippen molar-refractivity contribution in [3.05, 3.63) is 29.8 Å². The molecule has 1 amide bonds. The van der Waals surface area contributed by atoms with E-state index < -0.39 is 0 Å². The van der Waals surface area contributed by atoms with Crippen molar-refractivity contribution in [1.82, 2.24) is 4.90 Å². The van der Waals surface area contributed by atoms with Crippen LogP contribution in [-0.2, 0) is 4.74 Å². The molecule has 0 aliphatic carbocycles. The Morgan fingerprint density at radius 3 is 2.62 bits per heavy atom. The molecular formula is C17H26N2O2. The molecule has 116 valence electrons. The van der Waals surface area contributed by atoms with Crippen molar-refractivity contribution in [3.8, 4) is 0 Å². The van der Waals surface area contributed by atoms with Crippen molar-refractivity contribution in [3.63, 3.8) is 0 Å². The molecule has 0 spiro atoms. The summed E-state index contributed by atoms with van der Waals surface area (Å²) in [5, 5.41) is 3.37. The normalized spacial score (nSPS) is 16.4. The minimum Gasteiger partial charge on any atom is -0.384 e. The van der Waals surface area contributed by atoms with Crippen LogP contribution in [0.4, 0.5) is 5.69 Å². The molecule has 1 aliphatic rings. The highest BCUT2D eigenvalue weighted by atomic mass is 16.5. The van der Waals surface area contributed by atoms with Crippen molar-refractivity contribution in [1.29, 1.82) is 0 Å². The van der Waals surface area contributed by atoms with Crippen LogP contribution >= 0.6 is 0 Å². The zero-order valence-electron chi connectivity index (χ0n) is 13.5. The van der Waals surface area contributed by atoms with Gasteiger partial charge in [-0.25, -0.2) is 0 Å². The molecule has 1 aliphatic heterocycles. The summed E-state index contributed by atoms with van der Waals surface area (Å²) in [6.07, 6.45) is 0. The van der Waals surface area contributed by atoms with Crippen LogP contribution in [0.3, 0.4) is 0 Å². The lowest BCUT2D eigenvalue weighted by Gasteiger charge is -2.40. The maximum absolute atomic E-state index is 12.7. The van der Waals surface area contributed by atoms with Crippen molar-refractivity contribution < 1.29 is 9.53 Å². The molecule has 1 fully saturated rings. The Hall–Kier alpha value is -1.55. The van der Waals surface area contributed by atoms with Gasteiger partial charge in [-0.15, -0.1) is 0 Å². The number of benzene rings is 1. The van der Waals surface area contributed by atoms with Gasteiger partial charge in [0, 0.05) is 31.2 Å². The molecule has 1 aromatic carbocycles. The second kappa shape index (κ2) is 6.48. The molecular weight excluding hydrogens is 264 g/mol. The zero-order chi connectivity index (χ0) is 15.5. The summed E-state index contributed by atoms with van der Waals surface area (Å²) in [4.78, 5) is 14.5. The molecule has 0 saturated carbocycles. The minimum atomic E-state index is 0.0648. The van der Waals surface area contributed by atoms with E-state index in [4.69, 9.17) is 4.74 Å². The van der Waals surface area contributed by atoms with Gasteiger partial charge in [0.1, 0.15) is 0 Å². The first-order valence-corrected chi connectivity index (χ1v) is 7.57. The predicted molar refractivity (Wildman–Crippen MR) is 85.7 cm³/mol. The Labute approximate surface area is 127 Å². The predicted octanol–water partition coefficient (Wildman–Crippen LogP) is 2.86. The van der Waals surface area contributed by atoms with E-state index >= 15 is 0 Å². The molecule has 1 aromatic rings. The van der Waals surface area contributed by atoms with Crippen molar-refractivity contribution in [2.75, 3.05) is 38.7 Å². The topological polar surface area (TPSA) is 41.6 Å². The number of hydrogen-bond acceptors (Lipinski definition) is 3. The van der Waals surface area contributed by atoms with Gasteiger partial charge in [0.25, 0.3) is 5.91 Å². The van der Waals surface area contributed by atoms with Crippen molar-refractivity contribution in [2.24, 2.45) is 11.3 Å². The van der Waals surface area contributed by atoms with Gasteiger partial charge in [-0.05, 0) is 18.1 Å². The molecule has 4 heteroatoms. The van der Waals surface area contributed by atoms with E-state index in [-0.39, 0.29) is 11.3 Å². The summed E-state index contributed by atoms with van der Waals surface area (Å²) in [7, 11) is 1.87. The first kappa shape index (κ1) is 15.8. The summed E-state index contributed by atoms with van der Waals surface area (Å²) < 4.78 is 5.26. The average Bonchev–Trinajstić information content (AvgIpc) is 2.42. The molecule has 21 heavy (non-hydrogen) atoms. The lowest BCUT2D eigenvalue weighted by Crippen LogP contribution is -2.49. The van der Waals surface area contributed by atoms with Crippen molar-refractivity contribution >= 4 is 11.6 Å². The van der Waals surface area contributed by atoms with E-state index in [1.807, 2.05) is 31.3 Å². The fourth-order valence-corrected chi connectivity index (χ4v) is 2.53.